The van der Waals surface area contributed by atoms with Gasteiger partial charge in [-0.3, -0.25) is 19.4 Å². The number of hydrogen-bond acceptors (Lipinski definition) is 7. The van der Waals surface area contributed by atoms with E-state index >= 15 is 0 Å². The third kappa shape index (κ3) is 5.76. The number of methoxy groups -OCH3 is 1. The number of aliphatic imine (C=N–C) groups is 2. The first-order chi connectivity index (χ1) is 17.5. The maximum atomic E-state index is 13.3. The first kappa shape index (κ1) is 25.4. The van der Waals surface area contributed by atoms with Crippen molar-refractivity contribution in [2.45, 2.75) is 38.6 Å². The highest BCUT2D eigenvalue weighted by Gasteiger charge is 2.41. The maximum Gasteiger partial charge on any atom is 0.259 e. The van der Waals surface area contributed by atoms with Gasteiger partial charge in [0.25, 0.3) is 5.91 Å². The predicted molar refractivity (Wildman–Crippen MR) is 142 cm³/mol. The molecule has 2 aromatic carbocycles. The Kier molecular flexibility index (Phi) is 8.37. The van der Waals surface area contributed by atoms with Crippen molar-refractivity contribution in [2.75, 3.05) is 24.7 Å². The van der Waals surface area contributed by atoms with Gasteiger partial charge in [0.05, 0.1) is 24.2 Å². The Balaban J connectivity index is 1.45. The van der Waals surface area contributed by atoms with E-state index in [2.05, 4.69) is 27.5 Å². The molecule has 4 rings (SSSR count). The topological polar surface area (TPSA) is 112 Å². The lowest BCUT2D eigenvalue weighted by Crippen LogP contribution is -2.41. The van der Waals surface area contributed by atoms with Gasteiger partial charge in [-0.05, 0) is 37.1 Å². The van der Waals surface area contributed by atoms with Crippen molar-refractivity contribution in [3.63, 3.8) is 0 Å². The number of ether oxygens (including phenoxy) is 1. The number of fused-ring (bicyclic) bond motifs is 3. The SMILES string of the molecule is CCCCNC(=O)CC[C@H]1N=C2c3ccccc3N=C(SCC(=O)Nc3ccccc3OC)N2C1=O. The number of nitrogens with zero attached hydrogens (tertiary/aromatic N) is 3. The second-order valence-electron chi connectivity index (χ2n) is 8.33. The summed E-state index contributed by atoms with van der Waals surface area (Å²) < 4.78 is 5.29. The molecular weight excluding hydrogens is 478 g/mol. The Hall–Kier alpha value is -3.66. The summed E-state index contributed by atoms with van der Waals surface area (Å²) in [5.41, 5.74) is 2.01. The van der Waals surface area contributed by atoms with E-state index in [1.807, 2.05) is 36.4 Å². The van der Waals surface area contributed by atoms with Crippen molar-refractivity contribution in [2.24, 2.45) is 9.98 Å². The molecule has 188 valence electrons. The molecule has 0 unspecified atom stereocenters. The van der Waals surface area contributed by atoms with Crippen molar-refractivity contribution < 1.29 is 19.1 Å². The second-order valence-corrected chi connectivity index (χ2v) is 9.28. The molecule has 0 bridgehead atoms. The van der Waals surface area contributed by atoms with Crippen LogP contribution in [-0.4, -0.2) is 59.1 Å². The average Bonchev–Trinajstić information content (AvgIpc) is 3.23. The molecule has 2 aliphatic rings. The molecule has 10 heteroatoms. The first-order valence-electron chi connectivity index (χ1n) is 11.9. The van der Waals surface area contributed by atoms with Gasteiger partial charge in [0.15, 0.2) is 5.17 Å². The second kappa shape index (κ2) is 11.9. The van der Waals surface area contributed by atoms with Gasteiger partial charge in [0.1, 0.15) is 17.6 Å². The van der Waals surface area contributed by atoms with E-state index in [-0.39, 0.29) is 29.9 Å². The van der Waals surface area contributed by atoms with Gasteiger partial charge in [-0.25, -0.2) is 9.89 Å². The Labute approximate surface area is 214 Å². The monoisotopic (exact) mass is 507 g/mol. The minimum absolute atomic E-state index is 0.0423. The van der Waals surface area contributed by atoms with E-state index in [1.165, 1.54) is 4.90 Å². The van der Waals surface area contributed by atoms with Gasteiger partial charge in [-0.1, -0.05) is 49.4 Å². The van der Waals surface area contributed by atoms with E-state index in [0.29, 0.717) is 41.1 Å². The molecule has 0 saturated heterocycles. The number of anilines is 1. The number of unbranched alkanes of at least 4 members (excludes halogenated alkanes) is 1. The highest BCUT2D eigenvalue weighted by molar-refractivity contribution is 8.14. The highest BCUT2D eigenvalue weighted by Crippen LogP contribution is 2.34. The summed E-state index contributed by atoms with van der Waals surface area (Å²) in [6.07, 6.45) is 2.45. The summed E-state index contributed by atoms with van der Waals surface area (Å²) in [5, 5.41) is 6.10. The number of thioether (sulfide) groups is 1. The zero-order valence-electron chi connectivity index (χ0n) is 20.3. The van der Waals surface area contributed by atoms with Crippen molar-refractivity contribution in [3.05, 3.63) is 54.1 Å². The number of benzene rings is 2. The third-order valence-electron chi connectivity index (χ3n) is 5.76. The largest absolute Gasteiger partial charge is 0.495 e. The van der Waals surface area contributed by atoms with Crippen LogP contribution in [-0.2, 0) is 14.4 Å². The molecule has 0 spiro atoms. The summed E-state index contributed by atoms with van der Waals surface area (Å²) >= 11 is 1.16. The van der Waals surface area contributed by atoms with Crippen LogP contribution in [0.1, 0.15) is 38.2 Å². The van der Waals surface area contributed by atoms with Gasteiger partial charge in [0.2, 0.25) is 11.8 Å². The molecule has 2 N–H and O–H groups in total. The number of carbonyl (C=O) groups excluding carboxylic acids is 3. The van der Waals surface area contributed by atoms with E-state index in [0.717, 1.165) is 30.2 Å². The van der Waals surface area contributed by atoms with E-state index < -0.39 is 6.04 Å². The number of rotatable bonds is 10. The quantitative estimate of drug-likeness (QED) is 0.476. The molecule has 0 aliphatic carbocycles. The Morgan fingerprint density at radius 2 is 1.89 bits per heavy atom. The van der Waals surface area contributed by atoms with Crippen molar-refractivity contribution in [1.82, 2.24) is 10.2 Å². The molecule has 0 saturated carbocycles. The highest BCUT2D eigenvalue weighted by atomic mass is 32.2. The molecular formula is C26H29N5O4S. The van der Waals surface area contributed by atoms with Crippen molar-refractivity contribution in [3.8, 4) is 5.75 Å². The van der Waals surface area contributed by atoms with Crippen LogP contribution in [0.4, 0.5) is 11.4 Å². The normalized spacial score (nSPS) is 16.0. The number of nitrogens with one attached hydrogen (secondary N) is 2. The number of carbonyl (C=O) groups is 3. The van der Waals surface area contributed by atoms with Gasteiger partial charge in [-0.2, -0.15) is 0 Å². The number of hydrogen-bond donors (Lipinski definition) is 2. The fraction of sp³-hybridized carbons (Fsp3) is 0.346. The predicted octanol–water partition coefficient (Wildman–Crippen LogP) is 3.72. The van der Waals surface area contributed by atoms with Crippen LogP contribution in [0.15, 0.2) is 58.5 Å². The molecule has 36 heavy (non-hydrogen) atoms. The Morgan fingerprint density at radius 3 is 2.69 bits per heavy atom. The molecule has 0 fully saturated rings. The van der Waals surface area contributed by atoms with Crippen LogP contribution in [0.3, 0.4) is 0 Å². The maximum absolute atomic E-state index is 13.3. The van der Waals surface area contributed by atoms with Crippen LogP contribution in [0.25, 0.3) is 0 Å². The van der Waals surface area contributed by atoms with Gasteiger partial charge >= 0.3 is 0 Å². The summed E-state index contributed by atoms with van der Waals surface area (Å²) in [4.78, 5) is 49.0. The Morgan fingerprint density at radius 1 is 1.11 bits per heavy atom. The smallest absolute Gasteiger partial charge is 0.259 e. The van der Waals surface area contributed by atoms with Crippen molar-refractivity contribution in [1.29, 1.82) is 0 Å². The Bertz CT molecular complexity index is 1210. The lowest BCUT2D eigenvalue weighted by Gasteiger charge is -2.25. The standard InChI is InChI=1S/C26H29N5O4S/c1-3-4-15-27-22(32)14-13-20-25(34)31-24(29-20)17-9-5-6-10-18(17)30-26(31)36-16-23(33)28-19-11-7-8-12-21(19)35-2/h5-12,20H,3-4,13-16H2,1-2H3,(H,27,32)(H,28,33)/t20-/m1/s1. The van der Waals surface area contributed by atoms with Crippen molar-refractivity contribution >= 4 is 51.9 Å². The minimum atomic E-state index is -0.670. The lowest BCUT2D eigenvalue weighted by molar-refractivity contribution is -0.125. The number of amides is 3. The molecule has 9 nitrogen and oxygen atoms in total. The first-order valence-corrected chi connectivity index (χ1v) is 12.9. The summed E-state index contributed by atoms with van der Waals surface area (Å²) in [7, 11) is 1.54. The zero-order valence-corrected chi connectivity index (χ0v) is 21.1. The zero-order chi connectivity index (χ0) is 25.5. The number of para-hydroxylation sites is 3. The van der Waals surface area contributed by atoms with Crippen LogP contribution in [0.5, 0.6) is 5.75 Å². The minimum Gasteiger partial charge on any atom is -0.495 e. The van der Waals surface area contributed by atoms with Gasteiger partial charge < -0.3 is 15.4 Å². The summed E-state index contributed by atoms with van der Waals surface area (Å²) in [6.45, 7) is 2.69. The average molecular weight is 508 g/mol. The van der Waals surface area contributed by atoms with Gasteiger partial charge in [0, 0.05) is 18.5 Å². The molecule has 3 amide bonds. The fourth-order valence-corrected chi connectivity index (χ4v) is 4.71. The van der Waals surface area contributed by atoms with E-state index in [1.54, 1.807) is 19.2 Å². The number of amidine groups is 2. The summed E-state index contributed by atoms with van der Waals surface area (Å²) in [5.74, 6) is 0.535. The molecule has 1 atom stereocenters. The summed E-state index contributed by atoms with van der Waals surface area (Å²) in [6, 6.07) is 13.9. The van der Waals surface area contributed by atoms with Crippen LogP contribution in [0.2, 0.25) is 0 Å². The lowest BCUT2D eigenvalue weighted by atomic mass is 10.1. The molecule has 2 aromatic rings. The molecule has 0 radical (unpaired) electrons. The molecule has 2 heterocycles. The van der Waals surface area contributed by atoms with E-state index in [4.69, 9.17) is 4.74 Å². The van der Waals surface area contributed by atoms with Crippen LogP contribution < -0.4 is 15.4 Å². The van der Waals surface area contributed by atoms with Crippen LogP contribution >= 0.6 is 11.8 Å². The van der Waals surface area contributed by atoms with Gasteiger partial charge in [-0.15, -0.1) is 0 Å². The molecule has 0 aromatic heterocycles. The van der Waals surface area contributed by atoms with Crippen LogP contribution in [0, 0.1) is 0 Å². The fourth-order valence-electron chi connectivity index (χ4n) is 3.91. The molecule has 2 aliphatic heterocycles. The van der Waals surface area contributed by atoms with E-state index in [9.17, 15) is 14.4 Å². The third-order valence-corrected chi connectivity index (χ3v) is 6.70.